The minimum Gasteiger partial charge on any atom is -0.355 e. The maximum Gasteiger partial charge on any atom is 0.266 e. The van der Waals surface area contributed by atoms with E-state index in [0.29, 0.717) is 18.5 Å². The minimum absolute atomic E-state index is 0.254. The fraction of sp³-hybridized carbons (Fsp3) is 0.636. The zero-order valence-corrected chi connectivity index (χ0v) is 12.4. The molecule has 2 amide bonds. The number of nitrogens with one attached hydrogen (secondary N) is 3. The van der Waals surface area contributed by atoms with Gasteiger partial charge in [0.1, 0.15) is 6.04 Å². The number of hydrogen-bond donors (Lipinski definition) is 4. The van der Waals surface area contributed by atoms with E-state index in [2.05, 4.69) is 22.5 Å². The van der Waals surface area contributed by atoms with Gasteiger partial charge < -0.3 is 16.0 Å². The summed E-state index contributed by atoms with van der Waals surface area (Å²) in [7, 11) is -2.81. The fourth-order valence-electron chi connectivity index (χ4n) is 1.28. The molecule has 0 aliphatic carbocycles. The molecule has 0 saturated carbocycles. The van der Waals surface area contributed by atoms with Gasteiger partial charge >= 0.3 is 0 Å². The summed E-state index contributed by atoms with van der Waals surface area (Å²) >= 11 is 0. The van der Waals surface area contributed by atoms with Crippen molar-refractivity contribution in [3.8, 4) is 0 Å². The average Bonchev–Trinajstić information content (AvgIpc) is 2.33. The molecular weight excluding hydrogens is 286 g/mol. The molecule has 0 aliphatic rings. The summed E-state index contributed by atoms with van der Waals surface area (Å²) in [6.07, 6.45) is 0.493. The average molecular weight is 307 g/mol. The molecule has 0 saturated heterocycles. The van der Waals surface area contributed by atoms with Gasteiger partial charge in [0.25, 0.3) is 10.1 Å². The third kappa shape index (κ3) is 8.62. The summed E-state index contributed by atoms with van der Waals surface area (Å²) in [5.41, 5.74) is 0.400. The van der Waals surface area contributed by atoms with Crippen molar-refractivity contribution in [2.75, 3.05) is 25.9 Å². The van der Waals surface area contributed by atoms with Crippen LogP contribution in [0.2, 0.25) is 0 Å². The van der Waals surface area contributed by atoms with Crippen molar-refractivity contribution in [2.45, 2.75) is 19.4 Å². The van der Waals surface area contributed by atoms with Crippen LogP contribution in [-0.4, -0.2) is 56.7 Å². The van der Waals surface area contributed by atoms with Crippen LogP contribution in [0.5, 0.6) is 0 Å². The zero-order valence-electron chi connectivity index (χ0n) is 11.6. The predicted molar refractivity (Wildman–Crippen MR) is 74.7 cm³/mol. The topological polar surface area (TPSA) is 125 Å². The summed E-state index contributed by atoms with van der Waals surface area (Å²) in [6.45, 7) is 5.71. The first kappa shape index (κ1) is 18.6. The van der Waals surface area contributed by atoms with E-state index in [1.807, 2.05) is 0 Å². The molecule has 20 heavy (non-hydrogen) atoms. The zero-order chi connectivity index (χ0) is 15.8. The van der Waals surface area contributed by atoms with Gasteiger partial charge in [0.05, 0.1) is 5.75 Å². The summed E-state index contributed by atoms with van der Waals surface area (Å²) in [5, 5.41) is 7.60. The van der Waals surface area contributed by atoms with Crippen molar-refractivity contribution in [3.05, 3.63) is 12.2 Å². The van der Waals surface area contributed by atoms with Crippen LogP contribution in [0.4, 0.5) is 0 Å². The van der Waals surface area contributed by atoms with Crippen molar-refractivity contribution in [1.29, 1.82) is 0 Å². The second kappa shape index (κ2) is 8.67. The highest BCUT2D eigenvalue weighted by molar-refractivity contribution is 7.85. The second-order valence-corrected chi connectivity index (χ2v) is 5.77. The Labute approximate surface area is 118 Å². The van der Waals surface area contributed by atoms with Gasteiger partial charge in [0.2, 0.25) is 11.8 Å². The Morgan fingerprint density at radius 2 is 1.80 bits per heavy atom. The van der Waals surface area contributed by atoms with E-state index in [0.717, 1.165) is 0 Å². The Morgan fingerprint density at radius 3 is 2.25 bits per heavy atom. The lowest BCUT2D eigenvalue weighted by Gasteiger charge is -2.14. The molecule has 0 aromatic carbocycles. The lowest BCUT2D eigenvalue weighted by atomic mass is 10.3. The predicted octanol–water partition coefficient (Wildman–Crippen LogP) is -1.34. The van der Waals surface area contributed by atoms with E-state index in [1.165, 1.54) is 7.05 Å². The van der Waals surface area contributed by atoms with E-state index < -0.39 is 27.8 Å². The third-order valence-corrected chi connectivity index (χ3v) is 3.12. The number of amides is 2. The van der Waals surface area contributed by atoms with Crippen LogP contribution in [0.15, 0.2) is 12.2 Å². The van der Waals surface area contributed by atoms with Crippen LogP contribution in [0, 0.1) is 0 Å². The molecule has 1 unspecified atom stereocenters. The molecule has 0 spiro atoms. The Hall–Kier alpha value is -1.45. The van der Waals surface area contributed by atoms with Crippen LogP contribution in [-0.2, 0) is 19.7 Å². The van der Waals surface area contributed by atoms with Gasteiger partial charge in [-0.25, -0.2) is 0 Å². The molecule has 0 radical (unpaired) electrons. The SMILES string of the molecule is C=C(C)C(=O)NCCCNC(=O)C(CS(=O)(=O)O)NC. The van der Waals surface area contributed by atoms with Crippen LogP contribution in [0.25, 0.3) is 0 Å². The normalized spacial score (nSPS) is 12.6. The van der Waals surface area contributed by atoms with Crippen molar-refractivity contribution in [3.63, 3.8) is 0 Å². The molecule has 0 heterocycles. The first-order valence-electron chi connectivity index (χ1n) is 6.01. The maximum absolute atomic E-state index is 11.6. The highest BCUT2D eigenvalue weighted by Gasteiger charge is 2.22. The largest absolute Gasteiger partial charge is 0.355 e. The highest BCUT2D eigenvalue weighted by Crippen LogP contribution is 1.91. The molecule has 116 valence electrons. The van der Waals surface area contributed by atoms with Gasteiger partial charge in [-0.2, -0.15) is 8.42 Å². The summed E-state index contributed by atoms with van der Waals surface area (Å²) in [6, 6.07) is -1.02. The monoisotopic (exact) mass is 307 g/mol. The second-order valence-electron chi connectivity index (χ2n) is 4.27. The lowest BCUT2D eigenvalue weighted by molar-refractivity contribution is -0.122. The molecule has 1 atom stereocenters. The number of rotatable bonds is 9. The molecule has 4 N–H and O–H groups in total. The van der Waals surface area contributed by atoms with E-state index in [9.17, 15) is 18.0 Å². The van der Waals surface area contributed by atoms with Gasteiger partial charge in [0.15, 0.2) is 0 Å². The van der Waals surface area contributed by atoms with Crippen LogP contribution in [0.1, 0.15) is 13.3 Å². The van der Waals surface area contributed by atoms with Gasteiger partial charge in [-0.05, 0) is 20.4 Å². The molecule has 9 heteroatoms. The quantitative estimate of drug-likeness (QED) is 0.237. The standard InChI is InChI=1S/C11H21N3O5S/c1-8(2)10(15)13-5-4-6-14-11(16)9(12-3)7-20(17,18)19/h9,12H,1,4-7H2,2-3H3,(H,13,15)(H,14,16)(H,17,18,19). The Morgan fingerprint density at radius 1 is 1.25 bits per heavy atom. The van der Waals surface area contributed by atoms with Crippen molar-refractivity contribution >= 4 is 21.9 Å². The summed E-state index contributed by atoms with van der Waals surface area (Å²) in [4.78, 5) is 22.8. The molecule has 0 aromatic heterocycles. The van der Waals surface area contributed by atoms with Crippen LogP contribution >= 0.6 is 0 Å². The van der Waals surface area contributed by atoms with E-state index in [1.54, 1.807) is 6.92 Å². The van der Waals surface area contributed by atoms with Gasteiger partial charge in [-0.3, -0.25) is 14.1 Å². The van der Waals surface area contributed by atoms with Crippen molar-refractivity contribution < 1.29 is 22.6 Å². The Balaban J connectivity index is 3.98. The highest BCUT2D eigenvalue weighted by atomic mass is 32.2. The maximum atomic E-state index is 11.6. The van der Waals surface area contributed by atoms with Gasteiger partial charge in [-0.1, -0.05) is 6.58 Å². The van der Waals surface area contributed by atoms with Crippen LogP contribution in [0.3, 0.4) is 0 Å². The van der Waals surface area contributed by atoms with Crippen LogP contribution < -0.4 is 16.0 Å². The first-order valence-corrected chi connectivity index (χ1v) is 7.62. The minimum atomic E-state index is -4.23. The molecule has 0 rings (SSSR count). The van der Waals surface area contributed by atoms with Gasteiger partial charge in [0, 0.05) is 18.7 Å². The fourth-order valence-corrected chi connectivity index (χ4v) is 2.02. The summed E-state index contributed by atoms with van der Waals surface area (Å²) < 4.78 is 30.1. The molecule has 0 bridgehead atoms. The number of hydrogen-bond acceptors (Lipinski definition) is 5. The summed E-state index contributed by atoms with van der Waals surface area (Å²) in [5.74, 6) is -1.48. The number of carbonyl (C=O) groups is 2. The molecule has 0 fully saturated rings. The molecule has 8 nitrogen and oxygen atoms in total. The lowest BCUT2D eigenvalue weighted by Crippen LogP contribution is -2.47. The molecule has 0 aliphatic heterocycles. The van der Waals surface area contributed by atoms with Crippen molar-refractivity contribution in [2.24, 2.45) is 0 Å². The smallest absolute Gasteiger partial charge is 0.266 e. The Bertz CT molecular complexity index is 461. The van der Waals surface area contributed by atoms with E-state index >= 15 is 0 Å². The number of likely N-dealkylation sites (N-methyl/N-ethyl adjacent to an activating group) is 1. The third-order valence-electron chi connectivity index (χ3n) is 2.37. The Kier molecular flexibility index (Phi) is 8.04. The number of carbonyl (C=O) groups excluding carboxylic acids is 2. The first-order chi connectivity index (χ1) is 9.17. The van der Waals surface area contributed by atoms with Crippen molar-refractivity contribution in [1.82, 2.24) is 16.0 Å². The van der Waals surface area contributed by atoms with Gasteiger partial charge in [-0.15, -0.1) is 0 Å². The van der Waals surface area contributed by atoms with E-state index in [-0.39, 0.29) is 12.5 Å². The van der Waals surface area contributed by atoms with E-state index in [4.69, 9.17) is 4.55 Å². The molecular formula is C11H21N3O5S. The molecule has 0 aromatic rings.